The van der Waals surface area contributed by atoms with Gasteiger partial charge >= 0.3 is 0 Å². The minimum absolute atomic E-state index is 0.0295. The molecule has 0 unspecified atom stereocenters. The van der Waals surface area contributed by atoms with Crippen molar-refractivity contribution in [1.82, 2.24) is 10.2 Å². The van der Waals surface area contributed by atoms with Crippen LogP contribution in [-0.2, 0) is 4.79 Å². The normalized spacial score (nSPS) is 14.6. The second-order valence-electron chi connectivity index (χ2n) is 8.27. The predicted molar refractivity (Wildman–Crippen MR) is 122 cm³/mol. The molecule has 154 valence electrons. The number of aryl methyl sites for hydroxylation is 3. The summed E-state index contributed by atoms with van der Waals surface area (Å²) in [5, 5.41) is 11.9. The fourth-order valence-corrected chi connectivity index (χ4v) is 4.03. The molecule has 1 amide bonds. The SMILES string of the molecule is Cc1ccc(-c2ccc(N3CCC(C(=O)Nc4cc(C)cc(C)c4)CC3)nn2)cc1. The number of amides is 1. The molecule has 1 saturated heterocycles. The maximum atomic E-state index is 12.7. The zero-order chi connectivity index (χ0) is 21.1. The number of hydrogen-bond donors (Lipinski definition) is 1. The third kappa shape index (κ3) is 4.67. The Balaban J connectivity index is 1.34. The van der Waals surface area contributed by atoms with Crippen LogP contribution in [0.1, 0.15) is 29.5 Å². The predicted octanol–water partition coefficient (Wildman–Crippen LogP) is 4.92. The summed E-state index contributed by atoms with van der Waals surface area (Å²) in [6.07, 6.45) is 1.63. The van der Waals surface area contributed by atoms with Crippen LogP contribution >= 0.6 is 0 Å². The highest BCUT2D eigenvalue weighted by molar-refractivity contribution is 5.92. The minimum atomic E-state index is 0.0295. The van der Waals surface area contributed by atoms with E-state index in [4.69, 9.17) is 0 Å². The Kier molecular flexibility index (Phi) is 5.79. The van der Waals surface area contributed by atoms with Crippen LogP contribution in [0.15, 0.2) is 54.6 Å². The highest BCUT2D eigenvalue weighted by Gasteiger charge is 2.26. The summed E-state index contributed by atoms with van der Waals surface area (Å²) in [5.74, 6) is 1.02. The first-order chi connectivity index (χ1) is 14.5. The maximum absolute atomic E-state index is 12.7. The maximum Gasteiger partial charge on any atom is 0.227 e. The van der Waals surface area contributed by atoms with E-state index in [0.29, 0.717) is 0 Å². The lowest BCUT2D eigenvalue weighted by atomic mass is 9.95. The van der Waals surface area contributed by atoms with Crippen molar-refractivity contribution in [2.24, 2.45) is 5.92 Å². The van der Waals surface area contributed by atoms with E-state index in [1.807, 2.05) is 38.1 Å². The van der Waals surface area contributed by atoms with Crippen molar-refractivity contribution in [3.8, 4) is 11.3 Å². The van der Waals surface area contributed by atoms with Gasteiger partial charge in [0.15, 0.2) is 5.82 Å². The van der Waals surface area contributed by atoms with Gasteiger partial charge in [-0.25, -0.2) is 0 Å². The monoisotopic (exact) mass is 400 g/mol. The first-order valence-corrected chi connectivity index (χ1v) is 10.5. The number of carbonyl (C=O) groups is 1. The second-order valence-corrected chi connectivity index (χ2v) is 8.27. The Hall–Kier alpha value is -3.21. The van der Waals surface area contributed by atoms with Crippen LogP contribution in [-0.4, -0.2) is 29.2 Å². The fraction of sp³-hybridized carbons (Fsp3) is 0.320. The Morgan fingerprint density at radius 1 is 0.867 bits per heavy atom. The molecule has 0 aliphatic carbocycles. The van der Waals surface area contributed by atoms with Gasteiger partial charge in [-0.2, -0.15) is 0 Å². The average Bonchev–Trinajstić information content (AvgIpc) is 2.74. The molecule has 0 radical (unpaired) electrons. The lowest BCUT2D eigenvalue weighted by Gasteiger charge is -2.31. The van der Waals surface area contributed by atoms with E-state index in [2.05, 4.69) is 57.7 Å². The first-order valence-electron chi connectivity index (χ1n) is 10.5. The van der Waals surface area contributed by atoms with Crippen molar-refractivity contribution in [2.45, 2.75) is 33.6 Å². The molecule has 0 atom stereocenters. The lowest BCUT2D eigenvalue weighted by Crippen LogP contribution is -2.38. The first kappa shape index (κ1) is 20.1. The van der Waals surface area contributed by atoms with Gasteiger partial charge in [-0.1, -0.05) is 35.9 Å². The largest absolute Gasteiger partial charge is 0.355 e. The van der Waals surface area contributed by atoms with Gasteiger partial charge in [0.2, 0.25) is 5.91 Å². The molecule has 0 spiro atoms. The van der Waals surface area contributed by atoms with Crippen molar-refractivity contribution >= 4 is 17.4 Å². The molecule has 1 aromatic heterocycles. The second kappa shape index (κ2) is 8.66. The molecule has 1 N–H and O–H groups in total. The molecule has 30 heavy (non-hydrogen) atoms. The van der Waals surface area contributed by atoms with E-state index in [1.54, 1.807) is 0 Å². The highest BCUT2D eigenvalue weighted by Crippen LogP contribution is 2.25. The third-order valence-corrected chi connectivity index (χ3v) is 5.68. The van der Waals surface area contributed by atoms with Gasteiger partial charge < -0.3 is 10.2 Å². The van der Waals surface area contributed by atoms with Crippen LogP contribution in [0.2, 0.25) is 0 Å². The molecule has 3 aromatic rings. The average molecular weight is 401 g/mol. The third-order valence-electron chi connectivity index (χ3n) is 5.68. The van der Waals surface area contributed by atoms with Crippen LogP contribution in [0, 0.1) is 26.7 Å². The summed E-state index contributed by atoms with van der Waals surface area (Å²) in [5.41, 5.74) is 6.38. The van der Waals surface area contributed by atoms with Crippen LogP contribution < -0.4 is 10.2 Å². The van der Waals surface area contributed by atoms with E-state index in [-0.39, 0.29) is 11.8 Å². The van der Waals surface area contributed by atoms with Crippen LogP contribution in [0.5, 0.6) is 0 Å². The molecular weight excluding hydrogens is 372 g/mol. The molecule has 2 aromatic carbocycles. The minimum Gasteiger partial charge on any atom is -0.355 e. The molecule has 0 saturated carbocycles. The van der Waals surface area contributed by atoms with Gasteiger partial charge in [-0.15, -0.1) is 10.2 Å². The number of rotatable bonds is 4. The van der Waals surface area contributed by atoms with E-state index >= 15 is 0 Å². The van der Waals surface area contributed by atoms with Crippen molar-refractivity contribution < 1.29 is 4.79 Å². The zero-order valence-electron chi connectivity index (χ0n) is 17.9. The number of aromatic nitrogens is 2. The Morgan fingerprint density at radius 2 is 1.53 bits per heavy atom. The number of hydrogen-bond acceptors (Lipinski definition) is 4. The van der Waals surface area contributed by atoms with Gasteiger partial charge in [0, 0.05) is 30.3 Å². The van der Waals surface area contributed by atoms with E-state index < -0.39 is 0 Å². The number of nitrogens with zero attached hydrogens (tertiary/aromatic N) is 3. The van der Waals surface area contributed by atoms with Crippen molar-refractivity contribution in [2.75, 3.05) is 23.3 Å². The molecule has 0 bridgehead atoms. The molecule has 5 nitrogen and oxygen atoms in total. The smallest absolute Gasteiger partial charge is 0.227 e. The highest BCUT2D eigenvalue weighted by atomic mass is 16.1. The van der Waals surface area contributed by atoms with E-state index in [9.17, 15) is 4.79 Å². The van der Waals surface area contributed by atoms with Gasteiger partial charge in [-0.3, -0.25) is 4.79 Å². The molecule has 1 fully saturated rings. The molecular formula is C25H28N4O. The van der Waals surface area contributed by atoms with Crippen molar-refractivity contribution in [3.05, 3.63) is 71.3 Å². The van der Waals surface area contributed by atoms with Crippen LogP contribution in [0.3, 0.4) is 0 Å². The van der Waals surface area contributed by atoms with Crippen molar-refractivity contribution in [3.63, 3.8) is 0 Å². The summed E-state index contributed by atoms with van der Waals surface area (Å²) in [6, 6.07) is 18.5. The van der Waals surface area contributed by atoms with Crippen LogP contribution in [0.25, 0.3) is 11.3 Å². The van der Waals surface area contributed by atoms with Gasteiger partial charge in [0.25, 0.3) is 0 Å². The Morgan fingerprint density at radius 3 is 2.13 bits per heavy atom. The van der Waals surface area contributed by atoms with Gasteiger partial charge in [0.05, 0.1) is 5.69 Å². The number of nitrogens with one attached hydrogen (secondary N) is 1. The van der Waals surface area contributed by atoms with E-state index in [0.717, 1.165) is 59.8 Å². The summed E-state index contributed by atoms with van der Waals surface area (Å²) in [7, 11) is 0. The van der Waals surface area contributed by atoms with Gasteiger partial charge in [-0.05, 0) is 69.0 Å². The van der Waals surface area contributed by atoms with Gasteiger partial charge in [0.1, 0.15) is 0 Å². The lowest BCUT2D eigenvalue weighted by molar-refractivity contribution is -0.120. The van der Waals surface area contributed by atoms with Crippen LogP contribution in [0.4, 0.5) is 11.5 Å². The summed E-state index contributed by atoms with van der Waals surface area (Å²) >= 11 is 0. The summed E-state index contributed by atoms with van der Waals surface area (Å²) in [4.78, 5) is 14.9. The summed E-state index contributed by atoms with van der Waals surface area (Å²) in [6.45, 7) is 7.79. The molecule has 2 heterocycles. The Bertz CT molecular complexity index is 1000. The number of piperidine rings is 1. The standard InChI is InChI=1S/C25H28N4O/c1-17-4-6-20(7-5-17)23-8-9-24(28-27-23)29-12-10-21(11-13-29)25(30)26-22-15-18(2)14-19(3)16-22/h4-9,14-16,21H,10-13H2,1-3H3,(H,26,30). The number of anilines is 2. The summed E-state index contributed by atoms with van der Waals surface area (Å²) < 4.78 is 0. The quantitative estimate of drug-likeness (QED) is 0.675. The number of carbonyl (C=O) groups excluding carboxylic acids is 1. The Labute approximate surface area is 178 Å². The molecule has 1 aliphatic rings. The topological polar surface area (TPSA) is 58.1 Å². The molecule has 4 rings (SSSR count). The molecule has 5 heteroatoms. The van der Waals surface area contributed by atoms with Crippen molar-refractivity contribution in [1.29, 1.82) is 0 Å². The fourth-order valence-electron chi connectivity index (χ4n) is 4.03. The zero-order valence-corrected chi connectivity index (χ0v) is 17.9. The molecule has 1 aliphatic heterocycles. The number of benzene rings is 2. The van der Waals surface area contributed by atoms with E-state index in [1.165, 1.54) is 5.56 Å².